The smallest absolute Gasteiger partial charge is 0.136 e. The Morgan fingerprint density at radius 2 is 1.94 bits per heavy atom. The van der Waals surface area contributed by atoms with Crippen molar-refractivity contribution in [2.75, 3.05) is 0 Å². The van der Waals surface area contributed by atoms with Crippen molar-refractivity contribution in [3.63, 3.8) is 0 Å². The first-order chi connectivity index (χ1) is 7.38. The van der Waals surface area contributed by atoms with Gasteiger partial charge < -0.3 is 0 Å². The van der Waals surface area contributed by atoms with E-state index in [1.807, 2.05) is 32.1 Å². The molecule has 0 spiro atoms. The number of carbonyl (C=O) groups is 2. The molecule has 16 heavy (non-hydrogen) atoms. The van der Waals surface area contributed by atoms with Crippen molar-refractivity contribution in [3.05, 3.63) is 36.0 Å². The second-order valence-corrected chi connectivity index (χ2v) is 4.01. The van der Waals surface area contributed by atoms with Crippen molar-refractivity contribution in [1.29, 1.82) is 0 Å². The predicted octanol–water partition coefficient (Wildman–Crippen LogP) is 3.50. The fourth-order valence-corrected chi connectivity index (χ4v) is 1.28. The predicted molar refractivity (Wildman–Crippen MR) is 69.3 cm³/mol. The van der Waals surface area contributed by atoms with Crippen LogP contribution in [0.4, 0.5) is 0 Å². The van der Waals surface area contributed by atoms with Gasteiger partial charge in [0.15, 0.2) is 0 Å². The van der Waals surface area contributed by atoms with E-state index in [9.17, 15) is 9.59 Å². The number of allylic oxidation sites excluding steroid dienone is 5. The Hall–Kier alpha value is -1.44. The first-order valence-electron chi connectivity index (χ1n) is 5.40. The average Bonchev–Trinajstić information content (AvgIpc) is 2.15. The Bertz CT molecular complexity index is 351. The van der Waals surface area contributed by atoms with Crippen LogP contribution in [0.15, 0.2) is 36.0 Å². The molecule has 1 unspecified atom stereocenters. The summed E-state index contributed by atoms with van der Waals surface area (Å²) in [4.78, 5) is 22.2. The summed E-state index contributed by atoms with van der Waals surface area (Å²) in [6.07, 6.45) is 5.96. The van der Waals surface area contributed by atoms with Gasteiger partial charge in [0.25, 0.3) is 0 Å². The fourth-order valence-electron chi connectivity index (χ4n) is 1.28. The van der Waals surface area contributed by atoms with Crippen LogP contribution in [0.1, 0.15) is 35.5 Å². The molecule has 0 aromatic rings. The number of ketones is 2. The molecule has 2 nitrogen and oxygen atoms in total. The number of hydrogen-bond acceptors (Lipinski definition) is 2. The zero-order chi connectivity index (χ0) is 12.7. The summed E-state index contributed by atoms with van der Waals surface area (Å²) >= 11 is 0. The van der Waals surface area contributed by atoms with Gasteiger partial charge in [0.2, 0.25) is 0 Å². The third-order valence-corrected chi connectivity index (χ3v) is 2.37. The normalized spacial score (nSPS) is 13.9. The number of rotatable bonds is 6. The SMILES string of the molecule is C=C(/C=C(\C=C/C)CC(C)=O)C(C)C(C)=O.[HH]. The molecule has 0 aromatic heterocycles. The summed E-state index contributed by atoms with van der Waals surface area (Å²) in [6.45, 7) is 10.7. The van der Waals surface area contributed by atoms with Crippen LogP contribution in [0.25, 0.3) is 0 Å². The van der Waals surface area contributed by atoms with Gasteiger partial charge in [-0.15, -0.1) is 0 Å². The highest BCUT2D eigenvalue weighted by Gasteiger charge is 2.10. The molecule has 0 aliphatic heterocycles. The highest BCUT2D eigenvalue weighted by Crippen LogP contribution is 2.15. The second-order valence-electron chi connectivity index (χ2n) is 4.01. The number of hydrogen-bond donors (Lipinski definition) is 0. The van der Waals surface area contributed by atoms with Gasteiger partial charge in [-0.2, -0.15) is 0 Å². The maximum atomic E-state index is 11.2. The van der Waals surface area contributed by atoms with Crippen molar-refractivity contribution in [1.82, 2.24) is 0 Å². The minimum absolute atomic E-state index is 0. The second kappa shape index (κ2) is 6.94. The molecule has 1 atom stereocenters. The first-order valence-corrected chi connectivity index (χ1v) is 5.40. The van der Waals surface area contributed by atoms with Crippen molar-refractivity contribution in [3.8, 4) is 0 Å². The zero-order valence-corrected chi connectivity index (χ0v) is 10.5. The summed E-state index contributed by atoms with van der Waals surface area (Å²) in [7, 11) is 0. The summed E-state index contributed by atoms with van der Waals surface area (Å²) in [5, 5.41) is 0. The zero-order valence-electron chi connectivity index (χ0n) is 10.5. The highest BCUT2D eigenvalue weighted by atomic mass is 16.1. The molecule has 0 saturated carbocycles. The van der Waals surface area contributed by atoms with E-state index in [0.29, 0.717) is 6.42 Å². The third kappa shape index (κ3) is 5.44. The van der Waals surface area contributed by atoms with Crippen LogP contribution in [-0.2, 0) is 9.59 Å². The lowest BCUT2D eigenvalue weighted by Crippen LogP contribution is -2.07. The largest absolute Gasteiger partial charge is 0.300 e. The molecule has 0 amide bonds. The van der Waals surface area contributed by atoms with Gasteiger partial charge >= 0.3 is 0 Å². The van der Waals surface area contributed by atoms with Gasteiger partial charge in [0, 0.05) is 13.8 Å². The van der Waals surface area contributed by atoms with Crippen LogP contribution in [-0.4, -0.2) is 11.6 Å². The lowest BCUT2D eigenvalue weighted by atomic mass is 9.95. The van der Waals surface area contributed by atoms with Crippen LogP contribution in [0.2, 0.25) is 0 Å². The molecule has 0 N–H and O–H groups in total. The van der Waals surface area contributed by atoms with Gasteiger partial charge in [-0.3, -0.25) is 9.59 Å². The van der Waals surface area contributed by atoms with Crippen LogP contribution in [0, 0.1) is 5.92 Å². The molecule has 0 fully saturated rings. The van der Waals surface area contributed by atoms with E-state index in [1.165, 1.54) is 0 Å². The number of Topliss-reactive ketones (excluding diaryl/α,β-unsaturated/α-hetero) is 2. The third-order valence-electron chi connectivity index (χ3n) is 2.37. The maximum Gasteiger partial charge on any atom is 0.136 e. The van der Waals surface area contributed by atoms with Crippen molar-refractivity contribution >= 4 is 11.6 Å². The molecule has 90 valence electrons. The summed E-state index contributed by atoms with van der Waals surface area (Å²) < 4.78 is 0. The van der Waals surface area contributed by atoms with E-state index in [4.69, 9.17) is 0 Å². The van der Waals surface area contributed by atoms with Gasteiger partial charge in [-0.1, -0.05) is 31.7 Å². The Labute approximate surface area is 99.2 Å². The summed E-state index contributed by atoms with van der Waals surface area (Å²) in [5.41, 5.74) is 1.65. The van der Waals surface area contributed by atoms with E-state index in [2.05, 4.69) is 6.58 Å². The summed E-state index contributed by atoms with van der Waals surface area (Å²) in [5.74, 6) is 0.00347. The lowest BCUT2D eigenvalue weighted by Gasteiger charge is -2.08. The molecule has 0 bridgehead atoms. The molecule has 0 radical (unpaired) electrons. The summed E-state index contributed by atoms with van der Waals surface area (Å²) in [6, 6.07) is 0. The first kappa shape index (κ1) is 14.6. The molecule has 0 aromatic carbocycles. The van der Waals surface area contributed by atoms with E-state index in [0.717, 1.165) is 11.1 Å². The number of carbonyl (C=O) groups excluding carboxylic acids is 2. The quantitative estimate of drug-likeness (QED) is 0.645. The molecule has 0 rings (SSSR count). The Morgan fingerprint density at radius 3 is 2.31 bits per heavy atom. The van der Waals surface area contributed by atoms with Crippen molar-refractivity contribution in [2.24, 2.45) is 5.92 Å². The van der Waals surface area contributed by atoms with Crippen molar-refractivity contribution < 1.29 is 11.0 Å². The van der Waals surface area contributed by atoms with Gasteiger partial charge in [-0.25, -0.2) is 0 Å². The van der Waals surface area contributed by atoms with E-state index >= 15 is 0 Å². The van der Waals surface area contributed by atoms with Gasteiger partial charge in [0.1, 0.15) is 11.6 Å². The van der Waals surface area contributed by atoms with Gasteiger partial charge in [0.05, 0.1) is 0 Å². The maximum absolute atomic E-state index is 11.2. The van der Waals surface area contributed by atoms with Crippen LogP contribution < -0.4 is 0 Å². The molecular weight excluding hydrogens is 200 g/mol. The van der Waals surface area contributed by atoms with E-state index < -0.39 is 0 Å². The molecule has 0 aliphatic carbocycles. The average molecular weight is 222 g/mol. The Balaban J connectivity index is 0. The van der Waals surface area contributed by atoms with Crippen LogP contribution in [0.5, 0.6) is 0 Å². The molecular formula is C14H22O2. The topological polar surface area (TPSA) is 34.1 Å². The highest BCUT2D eigenvalue weighted by molar-refractivity contribution is 5.82. The van der Waals surface area contributed by atoms with Crippen LogP contribution in [0.3, 0.4) is 0 Å². The van der Waals surface area contributed by atoms with Crippen molar-refractivity contribution in [2.45, 2.75) is 34.1 Å². The Morgan fingerprint density at radius 1 is 1.38 bits per heavy atom. The van der Waals surface area contributed by atoms with E-state index in [1.54, 1.807) is 13.8 Å². The molecule has 0 saturated heterocycles. The molecule has 0 heterocycles. The minimum Gasteiger partial charge on any atom is -0.300 e. The van der Waals surface area contributed by atoms with Crippen LogP contribution >= 0.6 is 0 Å². The fraction of sp³-hybridized carbons (Fsp3) is 0.429. The minimum atomic E-state index is -0.188. The molecule has 0 aliphatic rings. The lowest BCUT2D eigenvalue weighted by molar-refractivity contribution is -0.119. The van der Waals surface area contributed by atoms with E-state index in [-0.39, 0.29) is 18.9 Å². The Kier molecular flexibility index (Phi) is 6.31. The van der Waals surface area contributed by atoms with Gasteiger partial charge in [-0.05, 0) is 31.9 Å². The monoisotopic (exact) mass is 222 g/mol. The standard InChI is InChI=1S/C14H20O2.H2/c1-6-7-14(9-11(3)15)8-10(2)12(4)13(5)16;/h6-8,12H,2,9H2,1,3-5H3;1H/b7-6-,14-8+;. The molecule has 2 heteroatoms.